The molecule has 0 aliphatic carbocycles. The summed E-state index contributed by atoms with van der Waals surface area (Å²) >= 11 is 0. The summed E-state index contributed by atoms with van der Waals surface area (Å²) < 4.78 is 13.8. The number of rotatable bonds is 2. The second-order valence-corrected chi connectivity index (χ2v) is 3.84. The minimum Gasteiger partial charge on any atom is -0.366 e. The van der Waals surface area contributed by atoms with Gasteiger partial charge in [-0.25, -0.2) is 4.39 Å². The number of nitrogens with one attached hydrogen (secondary N) is 1. The van der Waals surface area contributed by atoms with Gasteiger partial charge in [0.1, 0.15) is 5.82 Å². The number of benzene rings is 1. The second-order valence-electron chi connectivity index (χ2n) is 3.84. The molecule has 0 radical (unpaired) electrons. The molecule has 1 aliphatic heterocycles. The first-order chi connectivity index (χ1) is 7.33. The van der Waals surface area contributed by atoms with Crippen LogP contribution in [0, 0.1) is 5.82 Å². The van der Waals surface area contributed by atoms with E-state index in [0.717, 1.165) is 43.9 Å². The van der Waals surface area contributed by atoms with Crippen LogP contribution in [0.4, 0.5) is 10.1 Å². The van der Waals surface area contributed by atoms with Crippen molar-refractivity contribution in [1.29, 1.82) is 0 Å². The van der Waals surface area contributed by atoms with E-state index in [1.54, 1.807) is 12.1 Å². The molecule has 15 heavy (non-hydrogen) atoms. The van der Waals surface area contributed by atoms with Gasteiger partial charge in [-0.15, -0.1) is 0 Å². The lowest BCUT2D eigenvalue weighted by molar-refractivity contribution is 0.564. The highest BCUT2D eigenvalue weighted by molar-refractivity contribution is 5.55. The van der Waals surface area contributed by atoms with Crippen LogP contribution in [0.25, 0.3) is 0 Å². The fourth-order valence-electron chi connectivity index (χ4n) is 2.09. The fourth-order valence-corrected chi connectivity index (χ4v) is 2.09. The summed E-state index contributed by atoms with van der Waals surface area (Å²) in [6.07, 6.45) is 0.886. The largest absolute Gasteiger partial charge is 0.366 e. The second kappa shape index (κ2) is 4.62. The molecular formula is C12H17FN2. The van der Waals surface area contributed by atoms with Crippen molar-refractivity contribution in [2.45, 2.75) is 13.3 Å². The molecule has 0 amide bonds. The Hall–Kier alpha value is -1.09. The van der Waals surface area contributed by atoms with Crippen molar-refractivity contribution in [2.24, 2.45) is 0 Å². The van der Waals surface area contributed by atoms with Gasteiger partial charge >= 0.3 is 0 Å². The van der Waals surface area contributed by atoms with Crippen LogP contribution in [0.3, 0.4) is 0 Å². The molecule has 0 aromatic heterocycles. The number of aryl methyl sites for hydroxylation is 1. The zero-order valence-corrected chi connectivity index (χ0v) is 9.09. The minimum absolute atomic E-state index is 0.0868. The standard InChI is InChI=1S/C12H17FN2/c1-2-10-4-3-5-11(13)12(10)15-8-6-14-7-9-15/h3-5,14H,2,6-9H2,1H3. The van der Waals surface area contributed by atoms with E-state index in [2.05, 4.69) is 17.1 Å². The van der Waals surface area contributed by atoms with Crippen molar-refractivity contribution in [1.82, 2.24) is 5.32 Å². The Bertz CT molecular complexity index is 332. The van der Waals surface area contributed by atoms with Gasteiger partial charge in [0.2, 0.25) is 0 Å². The molecule has 0 bridgehead atoms. The summed E-state index contributed by atoms with van der Waals surface area (Å²) in [5, 5.41) is 3.28. The Morgan fingerprint density at radius 1 is 1.33 bits per heavy atom. The predicted molar refractivity (Wildman–Crippen MR) is 60.9 cm³/mol. The van der Waals surface area contributed by atoms with Gasteiger partial charge in [0.05, 0.1) is 5.69 Å². The van der Waals surface area contributed by atoms with Crippen molar-refractivity contribution in [2.75, 3.05) is 31.1 Å². The summed E-state index contributed by atoms with van der Waals surface area (Å²) in [5.74, 6) is -0.0868. The Morgan fingerprint density at radius 2 is 2.07 bits per heavy atom. The monoisotopic (exact) mass is 208 g/mol. The van der Waals surface area contributed by atoms with E-state index in [9.17, 15) is 4.39 Å². The smallest absolute Gasteiger partial charge is 0.146 e. The van der Waals surface area contributed by atoms with Gasteiger partial charge in [-0.1, -0.05) is 19.1 Å². The van der Waals surface area contributed by atoms with Gasteiger partial charge in [-0.05, 0) is 18.1 Å². The summed E-state index contributed by atoms with van der Waals surface area (Å²) in [6, 6.07) is 5.36. The number of hydrogen-bond acceptors (Lipinski definition) is 2. The SMILES string of the molecule is CCc1cccc(F)c1N1CCNCC1. The maximum atomic E-state index is 13.8. The summed E-state index contributed by atoms with van der Waals surface area (Å²) in [6.45, 7) is 5.75. The molecule has 1 saturated heterocycles. The van der Waals surface area contributed by atoms with Crippen molar-refractivity contribution < 1.29 is 4.39 Å². The van der Waals surface area contributed by atoms with E-state index in [1.165, 1.54) is 0 Å². The zero-order valence-electron chi connectivity index (χ0n) is 9.09. The van der Waals surface area contributed by atoms with Crippen LogP contribution in [-0.4, -0.2) is 26.2 Å². The molecular weight excluding hydrogens is 191 g/mol. The summed E-state index contributed by atoms with van der Waals surface area (Å²) in [4.78, 5) is 2.14. The molecule has 1 heterocycles. The summed E-state index contributed by atoms with van der Waals surface area (Å²) in [5.41, 5.74) is 1.92. The highest BCUT2D eigenvalue weighted by atomic mass is 19.1. The molecule has 82 valence electrons. The third-order valence-corrected chi connectivity index (χ3v) is 2.88. The lowest BCUT2D eigenvalue weighted by Crippen LogP contribution is -2.44. The van der Waals surface area contributed by atoms with Crippen molar-refractivity contribution in [3.8, 4) is 0 Å². The highest BCUT2D eigenvalue weighted by Gasteiger charge is 2.16. The zero-order chi connectivity index (χ0) is 10.7. The van der Waals surface area contributed by atoms with Crippen molar-refractivity contribution in [3.05, 3.63) is 29.6 Å². The van der Waals surface area contributed by atoms with Gasteiger partial charge in [-0.3, -0.25) is 0 Å². The molecule has 1 aromatic carbocycles. The van der Waals surface area contributed by atoms with Crippen LogP contribution in [-0.2, 0) is 6.42 Å². The molecule has 3 heteroatoms. The first-order valence-electron chi connectivity index (χ1n) is 5.56. The number of anilines is 1. The van der Waals surface area contributed by atoms with Gasteiger partial charge in [0, 0.05) is 26.2 Å². The molecule has 0 saturated carbocycles. The molecule has 1 aromatic rings. The lowest BCUT2D eigenvalue weighted by Gasteiger charge is -2.31. The van der Waals surface area contributed by atoms with Gasteiger partial charge in [0.25, 0.3) is 0 Å². The van der Waals surface area contributed by atoms with Crippen LogP contribution < -0.4 is 10.2 Å². The molecule has 1 aliphatic rings. The quantitative estimate of drug-likeness (QED) is 0.797. The lowest BCUT2D eigenvalue weighted by atomic mass is 10.1. The number of para-hydroxylation sites is 1. The molecule has 0 spiro atoms. The average molecular weight is 208 g/mol. The average Bonchev–Trinajstić information content (AvgIpc) is 2.29. The van der Waals surface area contributed by atoms with Crippen LogP contribution in [0.5, 0.6) is 0 Å². The minimum atomic E-state index is -0.0868. The summed E-state index contributed by atoms with van der Waals surface area (Å²) in [7, 11) is 0. The maximum Gasteiger partial charge on any atom is 0.146 e. The van der Waals surface area contributed by atoms with Gasteiger partial charge in [-0.2, -0.15) is 0 Å². The van der Waals surface area contributed by atoms with Crippen LogP contribution in [0.2, 0.25) is 0 Å². The Kier molecular flexibility index (Phi) is 3.21. The topological polar surface area (TPSA) is 15.3 Å². The van der Waals surface area contributed by atoms with E-state index in [4.69, 9.17) is 0 Å². The van der Waals surface area contributed by atoms with E-state index in [0.29, 0.717) is 0 Å². The van der Waals surface area contributed by atoms with E-state index in [-0.39, 0.29) is 5.82 Å². The van der Waals surface area contributed by atoms with Crippen LogP contribution >= 0.6 is 0 Å². The van der Waals surface area contributed by atoms with Crippen LogP contribution in [0.15, 0.2) is 18.2 Å². The van der Waals surface area contributed by atoms with E-state index in [1.807, 2.05) is 6.07 Å². The third-order valence-electron chi connectivity index (χ3n) is 2.88. The Balaban J connectivity index is 2.31. The predicted octanol–water partition coefficient (Wildman–Crippen LogP) is 1.80. The first kappa shape index (κ1) is 10.4. The maximum absolute atomic E-state index is 13.8. The normalized spacial score (nSPS) is 16.8. The Morgan fingerprint density at radius 3 is 2.73 bits per heavy atom. The highest BCUT2D eigenvalue weighted by Crippen LogP contribution is 2.25. The molecule has 1 N–H and O–H groups in total. The van der Waals surface area contributed by atoms with Crippen molar-refractivity contribution >= 4 is 5.69 Å². The van der Waals surface area contributed by atoms with Gasteiger partial charge in [0.15, 0.2) is 0 Å². The van der Waals surface area contributed by atoms with Crippen LogP contribution in [0.1, 0.15) is 12.5 Å². The number of halogens is 1. The number of nitrogens with zero attached hydrogens (tertiary/aromatic N) is 1. The number of piperazine rings is 1. The number of hydrogen-bond donors (Lipinski definition) is 1. The first-order valence-corrected chi connectivity index (χ1v) is 5.56. The van der Waals surface area contributed by atoms with E-state index < -0.39 is 0 Å². The molecule has 2 rings (SSSR count). The molecule has 0 unspecified atom stereocenters. The van der Waals surface area contributed by atoms with Gasteiger partial charge < -0.3 is 10.2 Å². The third kappa shape index (κ3) is 2.12. The molecule has 1 fully saturated rings. The van der Waals surface area contributed by atoms with Crippen molar-refractivity contribution in [3.63, 3.8) is 0 Å². The molecule has 2 nitrogen and oxygen atoms in total. The van der Waals surface area contributed by atoms with E-state index >= 15 is 0 Å². The molecule has 0 atom stereocenters. The fraction of sp³-hybridized carbons (Fsp3) is 0.500. The Labute approximate surface area is 90.1 Å².